The lowest BCUT2D eigenvalue weighted by Gasteiger charge is -2.14. The minimum absolute atomic E-state index is 0.129. The van der Waals surface area contributed by atoms with Crippen molar-refractivity contribution in [3.05, 3.63) is 90.0 Å². The molecule has 142 valence electrons. The number of nitrogens with one attached hydrogen (secondary N) is 1. The fourth-order valence-electron chi connectivity index (χ4n) is 2.47. The van der Waals surface area contributed by atoms with Crippen LogP contribution in [0.5, 0.6) is 11.5 Å². The van der Waals surface area contributed by atoms with Crippen LogP contribution in [-0.4, -0.2) is 15.9 Å². The Labute approximate surface area is 160 Å². The summed E-state index contributed by atoms with van der Waals surface area (Å²) in [6, 6.07) is 10.1. The van der Waals surface area contributed by atoms with E-state index in [1.54, 1.807) is 30.6 Å². The highest BCUT2D eigenvalue weighted by Crippen LogP contribution is 2.23. The number of hydrogen-bond donors (Lipinski definition) is 1. The molecule has 1 N–H and O–H groups in total. The van der Waals surface area contributed by atoms with Gasteiger partial charge in [0.15, 0.2) is 5.75 Å². The number of amides is 1. The van der Waals surface area contributed by atoms with E-state index >= 15 is 0 Å². The Morgan fingerprint density at radius 2 is 1.89 bits per heavy atom. The molecule has 3 rings (SSSR count). The summed E-state index contributed by atoms with van der Waals surface area (Å²) >= 11 is 0. The number of aromatic nitrogens is 2. The van der Waals surface area contributed by atoms with Crippen LogP contribution in [0.2, 0.25) is 0 Å². The van der Waals surface area contributed by atoms with Gasteiger partial charge in [0.1, 0.15) is 23.7 Å². The molecule has 1 atom stereocenters. The van der Waals surface area contributed by atoms with Gasteiger partial charge in [-0.05, 0) is 42.8 Å². The van der Waals surface area contributed by atoms with Crippen LogP contribution in [-0.2, 0) is 4.79 Å². The second-order valence-electron chi connectivity index (χ2n) is 5.98. The van der Waals surface area contributed by atoms with Gasteiger partial charge in [-0.15, -0.1) is 0 Å². The van der Waals surface area contributed by atoms with E-state index in [0.717, 1.165) is 17.7 Å². The molecule has 2 aromatic carbocycles. The van der Waals surface area contributed by atoms with Crippen LogP contribution in [0.25, 0.3) is 6.08 Å². The molecule has 0 bridgehead atoms. The van der Waals surface area contributed by atoms with Crippen molar-refractivity contribution in [2.24, 2.45) is 0 Å². The van der Waals surface area contributed by atoms with Crippen molar-refractivity contribution >= 4 is 12.0 Å². The Morgan fingerprint density at radius 1 is 1.11 bits per heavy atom. The first-order chi connectivity index (χ1) is 13.5. The van der Waals surface area contributed by atoms with Gasteiger partial charge in [0.05, 0.1) is 18.4 Å². The highest BCUT2D eigenvalue weighted by Gasteiger charge is 2.09. The predicted molar refractivity (Wildman–Crippen MR) is 100 cm³/mol. The van der Waals surface area contributed by atoms with Crippen molar-refractivity contribution in [2.75, 3.05) is 0 Å². The third-order valence-electron chi connectivity index (χ3n) is 3.87. The average Bonchev–Trinajstić information content (AvgIpc) is 2.68. The van der Waals surface area contributed by atoms with Crippen LogP contribution in [0.3, 0.4) is 0 Å². The summed E-state index contributed by atoms with van der Waals surface area (Å²) in [5, 5.41) is 2.79. The molecule has 0 unspecified atom stereocenters. The standard InChI is InChI=1S/C21H17F2N3O2/c1-14(26-21(27)8-6-15-5-7-17(22)10-20(15)23)16-3-2-4-18(9-16)28-19-11-24-13-25-12-19/h2-14H,1H3,(H,26,27)/t14-/m0/s1. The molecular weight excluding hydrogens is 364 g/mol. The van der Waals surface area contributed by atoms with Gasteiger partial charge in [-0.25, -0.2) is 18.7 Å². The van der Waals surface area contributed by atoms with Crippen molar-refractivity contribution in [3.63, 3.8) is 0 Å². The second kappa shape index (κ2) is 8.85. The van der Waals surface area contributed by atoms with Crippen LogP contribution in [0.1, 0.15) is 24.1 Å². The summed E-state index contributed by atoms with van der Waals surface area (Å²) in [6.45, 7) is 1.81. The number of nitrogens with zero attached hydrogens (tertiary/aromatic N) is 2. The number of halogens is 2. The molecule has 1 heterocycles. The van der Waals surface area contributed by atoms with Crippen LogP contribution in [0.15, 0.2) is 67.3 Å². The third-order valence-corrected chi connectivity index (χ3v) is 3.87. The maximum absolute atomic E-state index is 13.6. The summed E-state index contributed by atoms with van der Waals surface area (Å²) in [4.78, 5) is 19.9. The van der Waals surface area contributed by atoms with E-state index in [2.05, 4.69) is 15.3 Å². The summed E-state index contributed by atoms with van der Waals surface area (Å²) in [6.07, 6.45) is 7.00. The maximum Gasteiger partial charge on any atom is 0.244 e. The molecular formula is C21H17F2N3O2. The van der Waals surface area contributed by atoms with Crippen molar-refractivity contribution < 1.29 is 18.3 Å². The normalized spacial score (nSPS) is 12.0. The first-order valence-corrected chi connectivity index (χ1v) is 8.48. The molecule has 1 amide bonds. The number of ether oxygens (including phenoxy) is 1. The fourth-order valence-corrected chi connectivity index (χ4v) is 2.47. The second-order valence-corrected chi connectivity index (χ2v) is 5.98. The molecule has 0 fully saturated rings. The topological polar surface area (TPSA) is 64.1 Å². The van der Waals surface area contributed by atoms with Crippen molar-refractivity contribution in [1.29, 1.82) is 0 Å². The Kier molecular flexibility index (Phi) is 6.06. The summed E-state index contributed by atoms with van der Waals surface area (Å²) in [7, 11) is 0. The van der Waals surface area contributed by atoms with Gasteiger partial charge in [0.2, 0.25) is 5.91 Å². The molecule has 0 aliphatic rings. The van der Waals surface area contributed by atoms with E-state index in [0.29, 0.717) is 11.5 Å². The highest BCUT2D eigenvalue weighted by atomic mass is 19.1. The van der Waals surface area contributed by atoms with Crippen LogP contribution >= 0.6 is 0 Å². The monoisotopic (exact) mass is 381 g/mol. The SMILES string of the molecule is C[C@H](NC(=O)C=Cc1ccc(F)cc1F)c1cccc(Oc2cncnc2)c1. The van der Waals surface area contributed by atoms with E-state index < -0.39 is 17.5 Å². The summed E-state index contributed by atoms with van der Waals surface area (Å²) in [5.41, 5.74) is 0.953. The molecule has 0 saturated carbocycles. The number of hydrogen-bond acceptors (Lipinski definition) is 4. The lowest BCUT2D eigenvalue weighted by atomic mass is 10.1. The Bertz CT molecular complexity index is 994. The smallest absolute Gasteiger partial charge is 0.244 e. The van der Waals surface area contributed by atoms with E-state index in [1.165, 1.54) is 24.5 Å². The minimum atomic E-state index is -0.730. The van der Waals surface area contributed by atoms with Gasteiger partial charge in [0, 0.05) is 17.7 Å². The Balaban J connectivity index is 1.63. The van der Waals surface area contributed by atoms with E-state index in [9.17, 15) is 13.6 Å². The average molecular weight is 381 g/mol. The molecule has 5 nitrogen and oxygen atoms in total. The Hall–Kier alpha value is -3.61. The lowest BCUT2D eigenvalue weighted by molar-refractivity contribution is -0.117. The Morgan fingerprint density at radius 3 is 2.64 bits per heavy atom. The molecule has 0 radical (unpaired) electrons. The molecule has 0 saturated heterocycles. The summed E-state index contributed by atoms with van der Waals surface area (Å²) in [5.74, 6) is -0.722. The van der Waals surface area contributed by atoms with Crippen molar-refractivity contribution in [2.45, 2.75) is 13.0 Å². The largest absolute Gasteiger partial charge is 0.454 e. The van der Waals surface area contributed by atoms with Crippen molar-refractivity contribution in [1.82, 2.24) is 15.3 Å². The van der Waals surface area contributed by atoms with Crippen LogP contribution in [0.4, 0.5) is 8.78 Å². The zero-order valence-corrected chi connectivity index (χ0v) is 15.0. The molecule has 3 aromatic rings. The summed E-state index contributed by atoms with van der Waals surface area (Å²) < 4.78 is 32.2. The first kappa shape index (κ1) is 19.2. The van der Waals surface area contributed by atoms with E-state index in [4.69, 9.17) is 4.74 Å². The third kappa shape index (κ3) is 5.20. The van der Waals surface area contributed by atoms with Crippen LogP contribution in [0, 0.1) is 11.6 Å². The fraction of sp³-hybridized carbons (Fsp3) is 0.0952. The molecule has 0 spiro atoms. The van der Waals surface area contributed by atoms with Gasteiger partial charge in [-0.1, -0.05) is 12.1 Å². The quantitative estimate of drug-likeness (QED) is 0.641. The van der Waals surface area contributed by atoms with Gasteiger partial charge in [0.25, 0.3) is 0 Å². The van der Waals surface area contributed by atoms with Crippen molar-refractivity contribution in [3.8, 4) is 11.5 Å². The molecule has 28 heavy (non-hydrogen) atoms. The van der Waals surface area contributed by atoms with Crippen LogP contribution < -0.4 is 10.1 Å². The zero-order chi connectivity index (χ0) is 19.9. The maximum atomic E-state index is 13.6. The minimum Gasteiger partial charge on any atom is -0.454 e. The number of carbonyl (C=O) groups is 1. The zero-order valence-electron chi connectivity index (χ0n) is 15.0. The number of carbonyl (C=O) groups excluding carboxylic acids is 1. The molecule has 1 aromatic heterocycles. The van der Waals surface area contributed by atoms with E-state index in [-0.39, 0.29) is 11.6 Å². The lowest BCUT2D eigenvalue weighted by Crippen LogP contribution is -2.24. The van der Waals surface area contributed by atoms with E-state index in [1.807, 2.05) is 13.0 Å². The van der Waals surface area contributed by atoms with Gasteiger partial charge in [-0.2, -0.15) is 0 Å². The predicted octanol–water partition coefficient (Wildman–Crippen LogP) is 4.44. The van der Waals surface area contributed by atoms with Gasteiger partial charge >= 0.3 is 0 Å². The molecule has 7 heteroatoms. The number of benzene rings is 2. The number of rotatable bonds is 6. The van der Waals surface area contributed by atoms with Gasteiger partial charge in [-0.3, -0.25) is 4.79 Å². The van der Waals surface area contributed by atoms with Gasteiger partial charge < -0.3 is 10.1 Å². The molecule has 0 aliphatic carbocycles. The highest BCUT2D eigenvalue weighted by molar-refractivity contribution is 5.92. The molecule has 0 aliphatic heterocycles. The first-order valence-electron chi connectivity index (χ1n) is 8.48.